The smallest absolute Gasteiger partial charge is 0.179 e. The van der Waals surface area contributed by atoms with E-state index in [4.69, 9.17) is 5.26 Å². The Labute approximate surface area is 80.9 Å². The van der Waals surface area contributed by atoms with Crippen LogP contribution in [0, 0.1) is 17.4 Å². The lowest BCUT2D eigenvalue weighted by molar-refractivity contribution is 0.205. The maximum absolute atomic E-state index is 8.57. The van der Waals surface area contributed by atoms with Crippen LogP contribution in [-0.4, -0.2) is 43.5 Å². The van der Waals surface area contributed by atoms with Crippen LogP contribution >= 0.6 is 0 Å². The van der Waals surface area contributed by atoms with Crippen molar-refractivity contribution in [2.24, 2.45) is 5.92 Å². The van der Waals surface area contributed by atoms with Crippen molar-refractivity contribution in [2.45, 2.75) is 19.3 Å². The molecule has 3 heteroatoms. The van der Waals surface area contributed by atoms with Gasteiger partial charge in [-0.3, -0.25) is 0 Å². The predicted molar refractivity (Wildman–Crippen MR) is 53.1 cm³/mol. The molecular formula is C10H19N3. The Hall–Kier alpha value is -0.750. The molecule has 74 valence electrons. The third-order valence-corrected chi connectivity index (χ3v) is 2.88. The number of likely N-dealkylation sites (tertiary alicyclic amines) is 1. The van der Waals surface area contributed by atoms with Crippen molar-refractivity contribution in [3.05, 3.63) is 0 Å². The lowest BCUT2D eigenvalue weighted by atomic mass is 9.94. The second kappa shape index (κ2) is 5.08. The number of hydrogen-bond acceptors (Lipinski definition) is 3. The Balaban J connectivity index is 2.13. The van der Waals surface area contributed by atoms with Crippen molar-refractivity contribution >= 4 is 0 Å². The first-order valence-electron chi connectivity index (χ1n) is 5.02. The summed E-state index contributed by atoms with van der Waals surface area (Å²) in [5.74, 6) is 0.840. The van der Waals surface area contributed by atoms with E-state index in [2.05, 4.69) is 18.1 Å². The summed E-state index contributed by atoms with van der Waals surface area (Å²) in [6.45, 7) is 3.37. The minimum absolute atomic E-state index is 0.840. The minimum atomic E-state index is 0.840. The summed E-state index contributed by atoms with van der Waals surface area (Å²) in [4.78, 5) is 4.10. The highest BCUT2D eigenvalue weighted by atomic mass is 15.1. The van der Waals surface area contributed by atoms with Crippen LogP contribution in [0.5, 0.6) is 0 Å². The van der Waals surface area contributed by atoms with Crippen LogP contribution in [0.4, 0.5) is 0 Å². The molecule has 0 atom stereocenters. The van der Waals surface area contributed by atoms with Gasteiger partial charge in [0.15, 0.2) is 6.19 Å². The van der Waals surface area contributed by atoms with E-state index < -0.39 is 0 Å². The Morgan fingerprint density at radius 2 is 2.08 bits per heavy atom. The molecule has 0 N–H and O–H groups in total. The summed E-state index contributed by atoms with van der Waals surface area (Å²) in [5, 5.41) is 8.57. The number of piperidine rings is 1. The molecule has 0 bridgehead atoms. The monoisotopic (exact) mass is 181 g/mol. The van der Waals surface area contributed by atoms with E-state index in [1.54, 1.807) is 4.90 Å². The fourth-order valence-corrected chi connectivity index (χ4v) is 1.78. The zero-order valence-corrected chi connectivity index (χ0v) is 8.66. The molecule has 0 saturated carbocycles. The van der Waals surface area contributed by atoms with Gasteiger partial charge in [-0.25, -0.2) is 0 Å². The Morgan fingerprint density at radius 3 is 2.62 bits per heavy atom. The van der Waals surface area contributed by atoms with Crippen molar-refractivity contribution in [2.75, 3.05) is 33.7 Å². The maximum Gasteiger partial charge on any atom is 0.179 e. The normalized spacial score (nSPS) is 19.8. The molecule has 1 saturated heterocycles. The van der Waals surface area contributed by atoms with Crippen molar-refractivity contribution in [3.8, 4) is 6.19 Å². The van der Waals surface area contributed by atoms with E-state index in [-0.39, 0.29) is 0 Å². The first kappa shape index (κ1) is 10.3. The lowest BCUT2D eigenvalue weighted by Gasteiger charge is -2.29. The summed E-state index contributed by atoms with van der Waals surface area (Å²) in [6, 6.07) is 0. The molecule has 0 amide bonds. The molecule has 0 radical (unpaired) electrons. The van der Waals surface area contributed by atoms with Gasteiger partial charge in [0.2, 0.25) is 0 Å². The van der Waals surface area contributed by atoms with Crippen molar-refractivity contribution < 1.29 is 0 Å². The molecule has 0 aliphatic carbocycles. The van der Waals surface area contributed by atoms with E-state index >= 15 is 0 Å². The number of nitriles is 1. The Kier molecular flexibility index (Phi) is 4.04. The Bertz CT molecular complexity index is 177. The fraction of sp³-hybridized carbons (Fsp3) is 0.900. The standard InChI is InChI=1S/C10H19N3/c1-12-6-3-10(4-7-12)5-8-13(2)9-11/h10H,3-8H2,1-2H3. The molecule has 0 aromatic rings. The fourth-order valence-electron chi connectivity index (χ4n) is 1.78. The first-order valence-corrected chi connectivity index (χ1v) is 5.02. The molecule has 0 aromatic carbocycles. The molecule has 1 aliphatic heterocycles. The van der Waals surface area contributed by atoms with Gasteiger partial charge in [0, 0.05) is 13.6 Å². The highest BCUT2D eigenvalue weighted by molar-refractivity contribution is 4.74. The SMILES string of the molecule is CN(C#N)CCC1CCN(C)CC1. The first-order chi connectivity index (χ1) is 6.22. The van der Waals surface area contributed by atoms with Crippen LogP contribution in [-0.2, 0) is 0 Å². The quantitative estimate of drug-likeness (QED) is 0.483. The average molecular weight is 181 g/mol. The summed E-state index contributed by atoms with van der Waals surface area (Å²) in [6.07, 6.45) is 5.92. The summed E-state index contributed by atoms with van der Waals surface area (Å²) in [5.41, 5.74) is 0. The zero-order valence-electron chi connectivity index (χ0n) is 8.66. The number of nitrogens with zero attached hydrogens (tertiary/aromatic N) is 3. The minimum Gasteiger partial charge on any atom is -0.314 e. The molecule has 0 unspecified atom stereocenters. The zero-order chi connectivity index (χ0) is 9.68. The van der Waals surface area contributed by atoms with E-state index in [0.717, 1.165) is 12.5 Å². The summed E-state index contributed by atoms with van der Waals surface area (Å²) < 4.78 is 0. The molecular weight excluding hydrogens is 162 g/mol. The van der Waals surface area contributed by atoms with Gasteiger partial charge in [-0.15, -0.1) is 0 Å². The van der Waals surface area contributed by atoms with Gasteiger partial charge < -0.3 is 9.80 Å². The van der Waals surface area contributed by atoms with Crippen LogP contribution in [0.1, 0.15) is 19.3 Å². The highest BCUT2D eigenvalue weighted by Gasteiger charge is 2.16. The van der Waals surface area contributed by atoms with Gasteiger partial charge in [0.25, 0.3) is 0 Å². The van der Waals surface area contributed by atoms with Crippen LogP contribution in [0.25, 0.3) is 0 Å². The average Bonchev–Trinajstić information content (AvgIpc) is 2.16. The third kappa shape index (κ3) is 3.65. The van der Waals surface area contributed by atoms with Crippen LogP contribution in [0.15, 0.2) is 0 Å². The van der Waals surface area contributed by atoms with E-state index in [0.29, 0.717) is 0 Å². The van der Waals surface area contributed by atoms with Gasteiger partial charge in [0.05, 0.1) is 0 Å². The van der Waals surface area contributed by atoms with Gasteiger partial charge in [-0.1, -0.05) is 0 Å². The van der Waals surface area contributed by atoms with Gasteiger partial charge >= 0.3 is 0 Å². The van der Waals surface area contributed by atoms with E-state index in [9.17, 15) is 0 Å². The summed E-state index contributed by atoms with van der Waals surface area (Å²) in [7, 11) is 4.03. The van der Waals surface area contributed by atoms with Crippen LogP contribution in [0.2, 0.25) is 0 Å². The predicted octanol–water partition coefficient (Wildman–Crippen LogP) is 1.13. The largest absolute Gasteiger partial charge is 0.314 e. The molecule has 13 heavy (non-hydrogen) atoms. The maximum atomic E-state index is 8.57. The van der Waals surface area contributed by atoms with Gasteiger partial charge in [-0.05, 0) is 45.3 Å². The lowest BCUT2D eigenvalue weighted by Crippen LogP contribution is -2.31. The molecule has 1 fully saturated rings. The second-order valence-corrected chi connectivity index (χ2v) is 4.06. The number of rotatable bonds is 3. The van der Waals surface area contributed by atoms with Crippen molar-refractivity contribution in [3.63, 3.8) is 0 Å². The summed E-state index contributed by atoms with van der Waals surface area (Å²) >= 11 is 0. The molecule has 1 aliphatic rings. The topological polar surface area (TPSA) is 30.3 Å². The van der Waals surface area contributed by atoms with E-state index in [1.807, 2.05) is 7.05 Å². The molecule has 1 rings (SSSR count). The Morgan fingerprint density at radius 1 is 1.46 bits per heavy atom. The molecule has 3 nitrogen and oxygen atoms in total. The van der Waals surface area contributed by atoms with Crippen molar-refractivity contribution in [1.82, 2.24) is 9.80 Å². The van der Waals surface area contributed by atoms with Crippen LogP contribution < -0.4 is 0 Å². The highest BCUT2D eigenvalue weighted by Crippen LogP contribution is 2.19. The van der Waals surface area contributed by atoms with E-state index in [1.165, 1.54) is 32.4 Å². The van der Waals surface area contributed by atoms with Crippen LogP contribution in [0.3, 0.4) is 0 Å². The van der Waals surface area contributed by atoms with Crippen molar-refractivity contribution in [1.29, 1.82) is 5.26 Å². The second-order valence-electron chi connectivity index (χ2n) is 4.06. The number of hydrogen-bond donors (Lipinski definition) is 0. The van der Waals surface area contributed by atoms with Gasteiger partial charge in [-0.2, -0.15) is 5.26 Å². The van der Waals surface area contributed by atoms with Gasteiger partial charge in [0.1, 0.15) is 0 Å². The third-order valence-electron chi connectivity index (χ3n) is 2.88. The molecule has 0 aromatic heterocycles. The molecule has 0 spiro atoms. The molecule has 1 heterocycles.